The number of methoxy groups -OCH3 is 2. The Balaban J connectivity index is 2.31. The van der Waals surface area contributed by atoms with Crippen LogP contribution in [0, 0.1) is 35.5 Å². The maximum atomic E-state index is 13.6. The number of esters is 1. The van der Waals surface area contributed by atoms with Crippen LogP contribution in [0.2, 0.25) is 0 Å². The molecule has 0 aromatic carbocycles. The number of nitrogens with zero attached hydrogens (tertiary/aromatic N) is 1. The monoisotopic (exact) mass is 663 g/mol. The van der Waals surface area contributed by atoms with E-state index in [1.54, 1.807) is 20.4 Å². The third-order valence-corrected chi connectivity index (χ3v) is 8.89. The fraction of sp³-hybridized carbons (Fsp3) is 0.771. The summed E-state index contributed by atoms with van der Waals surface area (Å²) >= 11 is 0. The van der Waals surface area contributed by atoms with Crippen LogP contribution in [0.1, 0.15) is 79.2 Å². The summed E-state index contributed by atoms with van der Waals surface area (Å²) in [7, 11) is 3.21. The van der Waals surface area contributed by atoms with E-state index < -0.39 is 36.0 Å². The van der Waals surface area contributed by atoms with E-state index in [4.69, 9.17) is 30.4 Å². The first kappa shape index (κ1) is 40.2. The Morgan fingerprint density at radius 1 is 1.00 bits per heavy atom. The van der Waals surface area contributed by atoms with Crippen LogP contribution in [-0.4, -0.2) is 81.5 Å². The molecule has 5 atom stereocenters. The zero-order chi connectivity index (χ0) is 35.1. The highest BCUT2D eigenvalue weighted by atomic mass is 16.5. The molecule has 268 valence electrons. The molecule has 0 bridgehead atoms. The second-order valence-corrected chi connectivity index (χ2v) is 13.9. The van der Waals surface area contributed by atoms with Gasteiger partial charge in [-0.15, -0.1) is 0 Å². The van der Waals surface area contributed by atoms with Crippen LogP contribution in [0.4, 0.5) is 0 Å². The van der Waals surface area contributed by atoms with Crippen LogP contribution < -0.4 is 31.6 Å². The highest BCUT2D eigenvalue weighted by Crippen LogP contribution is 2.31. The molecule has 1 saturated carbocycles. The Hall–Kier alpha value is -2.96. The van der Waals surface area contributed by atoms with Crippen LogP contribution >= 0.6 is 0 Å². The van der Waals surface area contributed by atoms with Crippen LogP contribution in [0.15, 0.2) is 12.3 Å². The molecule has 1 aliphatic carbocycles. The molecule has 12 nitrogen and oxygen atoms in total. The second kappa shape index (κ2) is 20.4. The van der Waals surface area contributed by atoms with E-state index in [-0.39, 0.29) is 42.5 Å². The molecule has 0 saturated heterocycles. The molecule has 1 aliphatic rings. The lowest BCUT2D eigenvalue weighted by Crippen LogP contribution is -2.51. The average molecular weight is 664 g/mol. The molecular weight excluding hydrogens is 602 g/mol. The number of carbonyl (C=O) groups excluding carboxylic acids is 3. The summed E-state index contributed by atoms with van der Waals surface area (Å²) in [6.45, 7) is 13.4. The van der Waals surface area contributed by atoms with Gasteiger partial charge in [0.2, 0.25) is 11.8 Å². The van der Waals surface area contributed by atoms with Gasteiger partial charge in [0.25, 0.3) is 5.88 Å². The van der Waals surface area contributed by atoms with Gasteiger partial charge in [-0.2, -0.15) is 0 Å². The summed E-state index contributed by atoms with van der Waals surface area (Å²) < 4.78 is 22.6. The molecule has 0 radical (unpaired) electrons. The lowest BCUT2D eigenvalue weighted by molar-refractivity contribution is -0.157. The molecule has 1 fully saturated rings. The van der Waals surface area contributed by atoms with Crippen molar-refractivity contribution >= 4 is 17.8 Å². The zero-order valence-electron chi connectivity index (χ0n) is 29.9. The number of ether oxygens (including phenoxy) is 4. The van der Waals surface area contributed by atoms with E-state index in [2.05, 4.69) is 29.5 Å². The Bertz CT molecular complexity index is 1110. The van der Waals surface area contributed by atoms with Crippen molar-refractivity contribution in [2.45, 2.75) is 98.3 Å². The van der Waals surface area contributed by atoms with Gasteiger partial charge in [0.05, 0.1) is 20.3 Å². The van der Waals surface area contributed by atoms with Gasteiger partial charge in [-0.1, -0.05) is 41.5 Å². The van der Waals surface area contributed by atoms with Gasteiger partial charge in [-0.25, -0.2) is 9.78 Å². The molecule has 0 unspecified atom stereocenters. The quantitative estimate of drug-likeness (QED) is 0.100. The summed E-state index contributed by atoms with van der Waals surface area (Å²) in [5, 5.41) is 5.78. The number of hydrogen-bond donors (Lipinski definition) is 4. The minimum Gasteiger partial charge on any atom is -0.488 e. The van der Waals surface area contributed by atoms with E-state index >= 15 is 0 Å². The van der Waals surface area contributed by atoms with Gasteiger partial charge in [0.1, 0.15) is 12.1 Å². The Morgan fingerprint density at radius 3 is 2.26 bits per heavy atom. The largest absolute Gasteiger partial charge is 0.488 e. The molecule has 1 aromatic heterocycles. The number of hydrogen-bond acceptors (Lipinski definition) is 10. The van der Waals surface area contributed by atoms with Crippen molar-refractivity contribution in [3.05, 3.63) is 17.8 Å². The van der Waals surface area contributed by atoms with Gasteiger partial charge in [0, 0.05) is 44.8 Å². The maximum absolute atomic E-state index is 13.6. The van der Waals surface area contributed by atoms with Crippen LogP contribution in [0.5, 0.6) is 11.6 Å². The van der Waals surface area contributed by atoms with Crippen molar-refractivity contribution in [3.63, 3.8) is 0 Å². The van der Waals surface area contributed by atoms with Crippen molar-refractivity contribution in [1.82, 2.24) is 15.6 Å². The predicted octanol–water partition coefficient (Wildman–Crippen LogP) is 3.24. The van der Waals surface area contributed by atoms with Gasteiger partial charge >= 0.3 is 5.97 Å². The normalized spacial score (nSPS) is 16.4. The molecule has 47 heavy (non-hydrogen) atoms. The van der Waals surface area contributed by atoms with E-state index in [9.17, 15) is 14.4 Å². The molecule has 12 heteroatoms. The molecule has 6 N–H and O–H groups in total. The predicted molar refractivity (Wildman–Crippen MR) is 182 cm³/mol. The minimum atomic E-state index is -0.893. The van der Waals surface area contributed by atoms with E-state index in [0.717, 1.165) is 24.8 Å². The number of nitrogens with two attached hydrogens (primary N) is 2. The van der Waals surface area contributed by atoms with Crippen molar-refractivity contribution in [2.24, 2.45) is 47.0 Å². The van der Waals surface area contributed by atoms with E-state index in [0.29, 0.717) is 50.1 Å². The smallest absolute Gasteiger partial charge is 0.329 e. The van der Waals surface area contributed by atoms with Gasteiger partial charge in [-0.05, 0) is 73.3 Å². The molecule has 2 rings (SSSR count). The molecule has 1 aromatic rings. The maximum Gasteiger partial charge on any atom is 0.329 e. The Kier molecular flexibility index (Phi) is 17.5. The molecule has 0 aliphatic heterocycles. The van der Waals surface area contributed by atoms with E-state index in [1.807, 2.05) is 33.8 Å². The third kappa shape index (κ3) is 14.0. The van der Waals surface area contributed by atoms with E-state index in [1.165, 1.54) is 0 Å². The number of nitrogens with one attached hydrogen (secondary N) is 2. The third-order valence-electron chi connectivity index (χ3n) is 8.89. The lowest BCUT2D eigenvalue weighted by atomic mass is 9.81. The first-order valence-electron chi connectivity index (χ1n) is 17.2. The molecule has 0 spiro atoms. The second-order valence-electron chi connectivity index (χ2n) is 13.9. The van der Waals surface area contributed by atoms with Gasteiger partial charge in [0.15, 0.2) is 5.75 Å². The Morgan fingerprint density at radius 2 is 1.70 bits per heavy atom. The highest BCUT2D eigenvalue weighted by Gasteiger charge is 2.36. The van der Waals surface area contributed by atoms with Crippen LogP contribution in [0.25, 0.3) is 0 Å². The Labute approximate surface area is 281 Å². The van der Waals surface area contributed by atoms with Crippen molar-refractivity contribution < 1.29 is 33.3 Å². The average Bonchev–Trinajstić information content (AvgIpc) is 3.86. The van der Waals surface area contributed by atoms with Crippen molar-refractivity contribution in [3.8, 4) is 11.6 Å². The fourth-order valence-electron chi connectivity index (χ4n) is 5.51. The number of rotatable bonds is 23. The minimum absolute atomic E-state index is 0.00553. The number of pyridine rings is 1. The van der Waals surface area contributed by atoms with Gasteiger partial charge in [-0.3, -0.25) is 9.59 Å². The summed E-state index contributed by atoms with van der Waals surface area (Å²) in [5.41, 5.74) is 13.4. The molecule has 1 heterocycles. The molecule has 2 amide bonds. The van der Waals surface area contributed by atoms with Crippen molar-refractivity contribution in [1.29, 1.82) is 0 Å². The first-order chi connectivity index (χ1) is 22.3. The number of amides is 2. The van der Waals surface area contributed by atoms with Crippen molar-refractivity contribution in [2.75, 3.05) is 40.5 Å². The summed E-state index contributed by atoms with van der Waals surface area (Å²) in [6, 6.07) is 0.483. The highest BCUT2D eigenvalue weighted by molar-refractivity contribution is 5.85. The standard InChI is InChI=1S/C35H61N5O7/c1-21(2)26(14-25-15-30(34(45-8)39-20-25)46-13-9-12-44-7)16-28(37)29(47-35(43)32(23(5)6)40-31(41)18-36)17-27(22(3)4)33(42)38-19-24-10-11-24/h15,20-24,26-29,32H,9-14,16-19,36-37H2,1-8H3,(H,38,42)(H,40,41)/t26-,27-,28-,29-,32-/m0/s1. The zero-order valence-corrected chi connectivity index (χ0v) is 29.9. The summed E-state index contributed by atoms with van der Waals surface area (Å²) in [4.78, 5) is 43.5. The SMILES string of the molecule is COCCCOc1cc(C[C@@H](C[C@H](N)[C@H](C[C@H](C(=O)NCC2CC2)C(C)C)OC(=O)[C@@H](NC(=O)CN)C(C)C)C(C)C)cnc1OC. The lowest BCUT2D eigenvalue weighted by Gasteiger charge is -2.33. The van der Waals surface area contributed by atoms with Crippen LogP contribution in [0.3, 0.4) is 0 Å². The van der Waals surface area contributed by atoms with Crippen LogP contribution in [-0.2, 0) is 30.3 Å². The van der Waals surface area contributed by atoms with Gasteiger partial charge < -0.3 is 41.0 Å². The number of carbonyl (C=O) groups is 3. The molecular formula is C35H61N5O7. The topological polar surface area (TPSA) is 177 Å². The first-order valence-corrected chi connectivity index (χ1v) is 17.2. The summed E-state index contributed by atoms with van der Waals surface area (Å²) in [6.07, 6.45) is 5.48. The number of aromatic nitrogens is 1. The summed E-state index contributed by atoms with van der Waals surface area (Å²) in [5.74, 6) is 0.111. The fourth-order valence-corrected chi connectivity index (χ4v) is 5.51.